The molecule has 124 valence electrons. The summed E-state index contributed by atoms with van der Waals surface area (Å²) in [4.78, 5) is 2.44. The number of phenols is 1. The topological polar surface area (TPSA) is 32.7 Å². The van der Waals surface area contributed by atoms with Crippen LogP contribution in [0.1, 0.15) is 23.5 Å². The minimum absolute atomic E-state index is 0. The molecule has 1 aliphatic rings. The summed E-state index contributed by atoms with van der Waals surface area (Å²) in [6.45, 7) is 4.68. The summed E-state index contributed by atoms with van der Waals surface area (Å²) < 4.78 is 5.41. The summed E-state index contributed by atoms with van der Waals surface area (Å²) in [5.41, 5.74) is 2.28. The monoisotopic (exact) mass is 333 g/mol. The van der Waals surface area contributed by atoms with E-state index in [0.717, 1.165) is 44.8 Å². The first kappa shape index (κ1) is 17.8. The standard InChI is InChI=1S/C19H23NO2.ClH/c21-19-9-5-4-8-18(19)17(16-6-2-1-3-7-16)10-11-20-12-14-22-15-13-20;/h1-9,17,21H,10-15H2;1H. The molecule has 0 saturated carbocycles. The maximum atomic E-state index is 10.2. The Hall–Kier alpha value is -1.55. The van der Waals surface area contributed by atoms with Gasteiger partial charge in [0.15, 0.2) is 0 Å². The summed E-state index contributed by atoms with van der Waals surface area (Å²) in [6, 6.07) is 18.2. The summed E-state index contributed by atoms with van der Waals surface area (Å²) in [5.74, 6) is 0.614. The van der Waals surface area contributed by atoms with Gasteiger partial charge in [-0.05, 0) is 24.6 Å². The van der Waals surface area contributed by atoms with Crippen LogP contribution in [0.3, 0.4) is 0 Å². The minimum atomic E-state index is 0. The Kier molecular flexibility index (Phi) is 6.90. The van der Waals surface area contributed by atoms with Gasteiger partial charge in [-0.15, -0.1) is 12.4 Å². The lowest BCUT2D eigenvalue weighted by Crippen LogP contribution is -2.37. The van der Waals surface area contributed by atoms with E-state index in [1.54, 1.807) is 6.07 Å². The normalized spacial score (nSPS) is 16.5. The molecule has 1 N–H and O–H groups in total. The van der Waals surface area contributed by atoms with Crippen molar-refractivity contribution in [3.63, 3.8) is 0 Å². The molecule has 1 fully saturated rings. The predicted octanol–water partition coefficient (Wildman–Crippen LogP) is 3.67. The summed E-state index contributed by atoms with van der Waals surface area (Å²) >= 11 is 0. The number of ether oxygens (including phenoxy) is 1. The van der Waals surface area contributed by atoms with E-state index in [1.165, 1.54) is 5.56 Å². The number of phenolic OH excluding ortho intramolecular Hbond substituents is 1. The third-order valence-corrected chi connectivity index (χ3v) is 4.35. The van der Waals surface area contributed by atoms with Crippen molar-refractivity contribution in [1.82, 2.24) is 4.90 Å². The molecule has 3 rings (SSSR count). The van der Waals surface area contributed by atoms with Crippen molar-refractivity contribution in [3.8, 4) is 5.75 Å². The zero-order chi connectivity index (χ0) is 15.2. The third kappa shape index (κ3) is 4.71. The predicted molar refractivity (Wildman–Crippen MR) is 95.5 cm³/mol. The molecule has 2 aromatic carbocycles. The smallest absolute Gasteiger partial charge is 0.119 e. The van der Waals surface area contributed by atoms with Crippen LogP contribution in [-0.2, 0) is 4.74 Å². The first-order valence-electron chi connectivity index (χ1n) is 7.97. The number of benzene rings is 2. The minimum Gasteiger partial charge on any atom is -0.508 e. The molecule has 0 spiro atoms. The van der Waals surface area contributed by atoms with E-state index < -0.39 is 0 Å². The van der Waals surface area contributed by atoms with Crippen LogP contribution in [0.5, 0.6) is 5.75 Å². The average Bonchev–Trinajstić information content (AvgIpc) is 2.58. The van der Waals surface area contributed by atoms with Crippen LogP contribution in [-0.4, -0.2) is 42.9 Å². The first-order valence-corrected chi connectivity index (χ1v) is 7.97. The Balaban J connectivity index is 0.00000192. The van der Waals surface area contributed by atoms with Crippen LogP contribution in [0.4, 0.5) is 0 Å². The number of para-hydroxylation sites is 1. The molecule has 2 aromatic rings. The van der Waals surface area contributed by atoms with Gasteiger partial charge in [0.1, 0.15) is 5.75 Å². The van der Waals surface area contributed by atoms with Gasteiger partial charge in [-0.3, -0.25) is 4.90 Å². The number of hydrogen-bond acceptors (Lipinski definition) is 3. The maximum Gasteiger partial charge on any atom is 0.119 e. The largest absolute Gasteiger partial charge is 0.508 e. The lowest BCUT2D eigenvalue weighted by Gasteiger charge is -2.28. The van der Waals surface area contributed by atoms with E-state index in [-0.39, 0.29) is 18.3 Å². The molecule has 0 bridgehead atoms. The molecule has 3 nitrogen and oxygen atoms in total. The second-order valence-corrected chi connectivity index (χ2v) is 5.76. The third-order valence-electron chi connectivity index (χ3n) is 4.35. The van der Waals surface area contributed by atoms with Crippen molar-refractivity contribution >= 4 is 12.4 Å². The Morgan fingerprint density at radius 2 is 1.61 bits per heavy atom. The van der Waals surface area contributed by atoms with Gasteiger partial charge in [0.05, 0.1) is 13.2 Å². The fourth-order valence-electron chi connectivity index (χ4n) is 3.11. The lowest BCUT2D eigenvalue weighted by molar-refractivity contribution is 0.0369. The van der Waals surface area contributed by atoms with Gasteiger partial charge in [-0.25, -0.2) is 0 Å². The van der Waals surface area contributed by atoms with Crippen molar-refractivity contribution in [1.29, 1.82) is 0 Å². The molecule has 1 heterocycles. The van der Waals surface area contributed by atoms with Crippen LogP contribution in [0, 0.1) is 0 Å². The van der Waals surface area contributed by atoms with E-state index in [2.05, 4.69) is 29.2 Å². The SMILES string of the molecule is Cl.Oc1ccccc1C(CCN1CCOCC1)c1ccccc1. The molecule has 0 radical (unpaired) electrons. The fraction of sp³-hybridized carbons (Fsp3) is 0.368. The molecule has 1 aliphatic heterocycles. The highest BCUT2D eigenvalue weighted by Crippen LogP contribution is 2.33. The number of rotatable bonds is 5. The van der Waals surface area contributed by atoms with Gasteiger partial charge in [0.2, 0.25) is 0 Å². The number of nitrogens with zero attached hydrogens (tertiary/aromatic N) is 1. The van der Waals surface area contributed by atoms with Crippen LogP contribution in [0.25, 0.3) is 0 Å². The summed E-state index contributed by atoms with van der Waals surface area (Å²) in [7, 11) is 0. The molecule has 1 saturated heterocycles. The second-order valence-electron chi connectivity index (χ2n) is 5.76. The Morgan fingerprint density at radius 1 is 0.957 bits per heavy atom. The van der Waals surface area contributed by atoms with Gasteiger partial charge in [0, 0.05) is 24.6 Å². The van der Waals surface area contributed by atoms with E-state index in [9.17, 15) is 5.11 Å². The van der Waals surface area contributed by atoms with Crippen LogP contribution in [0.15, 0.2) is 54.6 Å². The van der Waals surface area contributed by atoms with Crippen LogP contribution < -0.4 is 0 Å². The number of morpholine rings is 1. The van der Waals surface area contributed by atoms with E-state index in [0.29, 0.717) is 5.75 Å². The van der Waals surface area contributed by atoms with Gasteiger partial charge in [-0.2, -0.15) is 0 Å². The van der Waals surface area contributed by atoms with Gasteiger partial charge < -0.3 is 9.84 Å². The molecule has 1 atom stereocenters. The number of hydrogen-bond donors (Lipinski definition) is 1. The van der Waals surface area contributed by atoms with Crippen molar-refractivity contribution in [2.24, 2.45) is 0 Å². The Morgan fingerprint density at radius 3 is 2.30 bits per heavy atom. The molecule has 0 aromatic heterocycles. The van der Waals surface area contributed by atoms with Crippen molar-refractivity contribution < 1.29 is 9.84 Å². The summed E-state index contributed by atoms with van der Waals surface area (Å²) in [5, 5.41) is 10.2. The van der Waals surface area contributed by atoms with Gasteiger partial charge in [0.25, 0.3) is 0 Å². The first-order chi connectivity index (χ1) is 10.8. The summed E-state index contributed by atoms with van der Waals surface area (Å²) in [6.07, 6.45) is 1.00. The zero-order valence-corrected chi connectivity index (χ0v) is 14.0. The number of halogens is 1. The van der Waals surface area contributed by atoms with Gasteiger partial charge in [-0.1, -0.05) is 48.5 Å². The second kappa shape index (κ2) is 8.92. The van der Waals surface area contributed by atoms with Crippen LogP contribution in [0.2, 0.25) is 0 Å². The van der Waals surface area contributed by atoms with Crippen molar-refractivity contribution in [3.05, 3.63) is 65.7 Å². The Bertz CT molecular complexity index is 585. The highest BCUT2D eigenvalue weighted by atomic mass is 35.5. The number of aromatic hydroxyl groups is 1. The highest BCUT2D eigenvalue weighted by molar-refractivity contribution is 5.85. The highest BCUT2D eigenvalue weighted by Gasteiger charge is 2.19. The van der Waals surface area contributed by atoms with E-state index >= 15 is 0 Å². The van der Waals surface area contributed by atoms with E-state index in [4.69, 9.17) is 4.74 Å². The quantitative estimate of drug-likeness (QED) is 0.906. The zero-order valence-electron chi connectivity index (χ0n) is 13.2. The van der Waals surface area contributed by atoms with Crippen LogP contribution >= 0.6 is 12.4 Å². The maximum absolute atomic E-state index is 10.2. The van der Waals surface area contributed by atoms with Crippen molar-refractivity contribution in [2.45, 2.75) is 12.3 Å². The molecule has 4 heteroatoms. The molecule has 1 unspecified atom stereocenters. The average molecular weight is 334 g/mol. The molecule has 23 heavy (non-hydrogen) atoms. The lowest BCUT2D eigenvalue weighted by atomic mass is 9.88. The van der Waals surface area contributed by atoms with Crippen molar-refractivity contribution in [2.75, 3.05) is 32.8 Å². The molecule has 0 amide bonds. The fourth-order valence-corrected chi connectivity index (χ4v) is 3.11. The molecule has 0 aliphatic carbocycles. The molecular formula is C19H24ClNO2. The van der Waals surface area contributed by atoms with E-state index in [1.807, 2.05) is 24.3 Å². The molecular weight excluding hydrogens is 310 g/mol. The Labute approximate surface area is 144 Å². The van der Waals surface area contributed by atoms with Gasteiger partial charge >= 0.3 is 0 Å².